The lowest BCUT2D eigenvalue weighted by Crippen LogP contribution is -2.71. The quantitative estimate of drug-likeness (QED) is 0.159. The predicted octanol–water partition coefficient (Wildman–Crippen LogP) is 4.30. The lowest BCUT2D eigenvalue weighted by atomic mass is 10.4. The van der Waals surface area contributed by atoms with E-state index in [1.807, 2.05) is 42.1 Å². The van der Waals surface area contributed by atoms with Crippen molar-refractivity contribution in [1.29, 1.82) is 0 Å². The highest BCUT2D eigenvalue weighted by molar-refractivity contribution is 7.03. The molecule has 0 radical (unpaired) electrons. The van der Waals surface area contributed by atoms with Crippen molar-refractivity contribution in [1.82, 2.24) is 0 Å². The Morgan fingerprint density at radius 3 is 1.45 bits per heavy atom. The van der Waals surface area contributed by atoms with Gasteiger partial charge in [0.15, 0.2) is 16.6 Å². The Bertz CT molecular complexity index is 939. The van der Waals surface area contributed by atoms with Gasteiger partial charge < -0.3 is 32.0 Å². The summed E-state index contributed by atoms with van der Waals surface area (Å²) >= 11 is 0. The minimum absolute atomic E-state index is 0.0311. The molecule has 0 aliphatic heterocycles. The van der Waals surface area contributed by atoms with E-state index in [-0.39, 0.29) is 13.2 Å². The molecule has 0 aliphatic carbocycles. The lowest BCUT2D eigenvalue weighted by molar-refractivity contribution is 0.0923. The van der Waals surface area contributed by atoms with Gasteiger partial charge in [-0.3, -0.25) is 0 Å². The Morgan fingerprint density at radius 2 is 1.05 bits per heavy atom. The SMILES string of the molecule is C=C[Si](C)(O[Si](C)(C)CCCOCCO)O[Si](O[Si](C)(C)CCCOCCO)(c1ccccc1)c1ccccc1. The third-order valence-corrected chi connectivity index (χ3v) is 22.5. The van der Waals surface area contributed by atoms with Gasteiger partial charge in [0.2, 0.25) is 0 Å². The lowest BCUT2D eigenvalue weighted by Gasteiger charge is -2.44. The largest absolute Gasteiger partial charge is 0.433 e. The zero-order chi connectivity index (χ0) is 29.5. The van der Waals surface area contributed by atoms with Crippen molar-refractivity contribution in [3.05, 3.63) is 72.9 Å². The summed E-state index contributed by atoms with van der Waals surface area (Å²) in [5.41, 5.74) is 1.90. The summed E-state index contributed by atoms with van der Waals surface area (Å²) in [7, 11) is -10.6. The molecule has 0 aliphatic rings. The van der Waals surface area contributed by atoms with Crippen LogP contribution < -0.4 is 10.4 Å². The monoisotopic (exact) mass is 622 g/mol. The van der Waals surface area contributed by atoms with Gasteiger partial charge in [0.25, 0.3) is 0 Å². The van der Waals surface area contributed by atoms with Crippen LogP contribution in [0.3, 0.4) is 0 Å². The first kappa shape index (κ1) is 35.0. The van der Waals surface area contributed by atoms with Crippen LogP contribution >= 0.6 is 0 Å². The molecule has 2 rings (SSSR count). The van der Waals surface area contributed by atoms with Gasteiger partial charge >= 0.3 is 17.1 Å². The van der Waals surface area contributed by atoms with Crippen LogP contribution in [-0.4, -0.2) is 83.6 Å². The number of ether oxygens (including phenoxy) is 2. The van der Waals surface area contributed by atoms with Crippen LogP contribution in [0.2, 0.25) is 44.8 Å². The van der Waals surface area contributed by atoms with E-state index in [0.717, 1.165) is 35.3 Å². The van der Waals surface area contributed by atoms with Gasteiger partial charge in [-0.15, -0.1) is 6.58 Å². The van der Waals surface area contributed by atoms with E-state index in [4.69, 9.17) is 32.0 Å². The molecular formula is C29H50O7Si4. The van der Waals surface area contributed by atoms with Gasteiger partial charge in [0, 0.05) is 13.2 Å². The molecule has 0 saturated heterocycles. The van der Waals surface area contributed by atoms with Crippen LogP contribution in [0.4, 0.5) is 0 Å². The number of hydrogen-bond donors (Lipinski definition) is 2. The third kappa shape index (κ3) is 11.6. The number of hydrogen-bond acceptors (Lipinski definition) is 7. The van der Waals surface area contributed by atoms with E-state index in [1.54, 1.807) is 0 Å². The molecule has 0 spiro atoms. The highest BCUT2D eigenvalue weighted by Gasteiger charge is 2.52. The van der Waals surface area contributed by atoms with Crippen LogP contribution in [0.5, 0.6) is 0 Å². The zero-order valence-corrected chi connectivity index (χ0v) is 29.1. The second-order valence-electron chi connectivity index (χ2n) is 11.3. The van der Waals surface area contributed by atoms with Crippen LogP contribution in [0, 0.1) is 0 Å². The van der Waals surface area contributed by atoms with E-state index >= 15 is 0 Å². The minimum atomic E-state index is -3.25. The minimum Gasteiger partial charge on any atom is -0.433 e. The summed E-state index contributed by atoms with van der Waals surface area (Å²) in [6, 6.07) is 22.5. The molecule has 7 nitrogen and oxygen atoms in total. The number of rotatable bonds is 21. The Morgan fingerprint density at radius 1 is 0.625 bits per heavy atom. The Labute approximate surface area is 245 Å². The van der Waals surface area contributed by atoms with E-state index in [9.17, 15) is 0 Å². The molecule has 1 unspecified atom stereocenters. The maximum absolute atomic E-state index is 9.04. The zero-order valence-electron chi connectivity index (χ0n) is 25.1. The van der Waals surface area contributed by atoms with Crippen LogP contribution in [-0.2, 0) is 21.8 Å². The van der Waals surface area contributed by atoms with Crippen molar-refractivity contribution in [2.45, 2.75) is 57.7 Å². The van der Waals surface area contributed by atoms with Gasteiger partial charge in [-0.05, 0) is 68.0 Å². The first-order chi connectivity index (χ1) is 19.0. The second kappa shape index (κ2) is 17.0. The molecular weight excluding hydrogens is 573 g/mol. The van der Waals surface area contributed by atoms with Crippen molar-refractivity contribution in [2.75, 3.05) is 39.6 Å². The first-order valence-corrected chi connectivity index (χ1v) is 24.7. The van der Waals surface area contributed by atoms with Crippen LogP contribution in [0.1, 0.15) is 12.8 Å². The van der Waals surface area contributed by atoms with Crippen molar-refractivity contribution >= 4 is 44.1 Å². The average molecular weight is 623 g/mol. The molecule has 11 heteroatoms. The van der Waals surface area contributed by atoms with Crippen LogP contribution in [0.25, 0.3) is 0 Å². The average Bonchev–Trinajstić information content (AvgIpc) is 2.93. The maximum atomic E-state index is 9.04. The Kier molecular flexibility index (Phi) is 14.9. The molecule has 0 aromatic heterocycles. The Hall–Kier alpha value is -1.23. The molecule has 2 N–H and O–H groups in total. The molecule has 0 heterocycles. The predicted molar refractivity (Wildman–Crippen MR) is 173 cm³/mol. The number of aliphatic hydroxyl groups excluding tert-OH is 2. The summed E-state index contributed by atoms with van der Waals surface area (Å²) < 4.78 is 32.7. The topological polar surface area (TPSA) is 86.6 Å². The van der Waals surface area contributed by atoms with Crippen molar-refractivity contribution in [2.24, 2.45) is 0 Å². The fraction of sp³-hybridized carbons (Fsp3) is 0.517. The van der Waals surface area contributed by atoms with Crippen molar-refractivity contribution < 1.29 is 32.0 Å². The summed E-state index contributed by atoms with van der Waals surface area (Å²) in [5, 5.41) is 20.1. The van der Waals surface area contributed by atoms with E-state index < -0.39 is 33.8 Å². The van der Waals surface area contributed by atoms with Crippen LogP contribution in [0.15, 0.2) is 72.9 Å². The molecule has 0 fully saturated rings. The van der Waals surface area contributed by atoms with Crippen molar-refractivity contribution in [3.63, 3.8) is 0 Å². The van der Waals surface area contributed by atoms with E-state index in [2.05, 4.69) is 63.6 Å². The van der Waals surface area contributed by atoms with Gasteiger partial charge in [-0.2, -0.15) is 0 Å². The van der Waals surface area contributed by atoms with Gasteiger partial charge in [0.05, 0.1) is 26.4 Å². The maximum Gasteiger partial charge on any atom is 0.388 e. The molecule has 1 atom stereocenters. The van der Waals surface area contributed by atoms with Crippen molar-refractivity contribution in [3.8, 4) is 0 Å². The smallest absolute Gasteiger partial charge is 0.388 e. The third-order valence-electron chi connectivity index (χ3n) is 6.53. The standard InChI is InChI=1S/C29H50O7Si4/c1-7-39(6,34-37(2,3)26-14-22-32-24-20-30)36-40(28-16-10-8-11-17-28,29-18-12-9-13-19-29)35-38(4,5)27-15-23-33-25-21-31/h7-13,16-19,30-31H,1,14-15,20-27H2,2-6H3. The molecule has 0 amide bonds. The molecule has 2 aromatic carbocycles. The summed E-state index contributed by atoms with van der Waals surface area (Å²) in [6.07, 6.45) is 1.73. The number of benzene rings is 2. The molecule has 0 bridgehead atoms. The fourth-order valence-electron chi connectivity index (χ4n) is 4.70. The Balaban J connectivity index is 2.44. The molecule has 40 heavy (non-hydrogen) atoms. The van der Waals surface area contributed by atoms with Gasteiger partial charge in [-0.25, -0.2) is 0 Å². The first-order valence-electron chi connectivity index (χ1n) is 14.2. The van der Waals surface area contributed by atoms with E-state index in [1.165, 1.54) is 0 Å². The summed E-state index contributed by atoms with van der Waals surface area (Å²) in [6.45, 7) is 17.2. The molecule has 224 valence electrons. The highest BCUT2D eigenvalue weighted by Crippen LogP contribution is 2.28. The molecule has 2 aromatic rings. The normalized spacial score (nSPS) is 14.2. The fourth-order valence-corrected chi connectivity index (χ4v) is 22.5. The number of aliphatic hydroxyl groups is 2. The van der Waals surface area contributed by atoms with Gasteiger partial charge in [-0.1, -0.05) is 66.4 Å². The summed E-state index contributed by atoms with van der Waals surface area (Å²) in [4.78, 5) is 0. The summed E-state index contributed by atoms with van der Waals surface area (Å²) in [5.74, 6) is 0. The highest BCUT2D eigenvalue weighted by atomic mass is 28.5. The molecule has 0 saturated carbocycles. The van der Waals surface area contributed by atoms with Gasteiger partial charge in [0.1, 0.15) is 0 Å². The van der Waals surface area contributed by atoms with E-state index in [0.29, 0.717) is 26.4 Å². The second-order valence-corrected chi connectivity index (χ2v) is 26.6.